The maximum Gasteiger partial charge on any atom is 0.326 e. The molecule has 0 radical (unpaired) electrons. The van der Waals surface area contributed by atoms with Gasteiger partial charge in [0, 0.05) is 45.4 Å². The molecule has 8 heteroatoms. The number of carboxylic acid groups (broad SMARTS) is 1. The molecule has 2 amide bonds. The van der Waals surface area contributed by atoms with Crippen LogP contribution in [0.25, 0.3) is 0 Å². The number of benzene rings is 2. The fourth-order valence-corrected chi connectivity index (χ4v) is 4.52. The van der Waals surface area contributed by atoms with E-state index in [1.807, 2.05) is 49.3 Å². The molecule has 3 rings (SSSR count). The van der Waals surface area contributed by atoms with Gasteiger partial charge in [-0.1, -0.05) is 36.4 Å². The van der Waals surface area contributed by atoms with Crippen LogP contribution in [0.5, 0.6) is 5.75 Å². The lowest BCUT2D eigenvalue weighted by Gasteiger charge is -2.31. The molecule has 1 saturated heterocycles. The van der Waals surface area contributed by atoms with Crippen LogP contribution in [0, 0.1) is 0 Å². The highest BCUT2D eigenvalue weighted by Gasteiger charge is 2.47. The number of allylic oxidation sites excluding steroid dienone is 1. The minimum atomic E-state index is -1.12. The van der Waals surface area contributed by atoms with Crippen molar-refractivity contribution in [2.75, 3.05) is 32.6 Å². The van der Waals surface area contributed by atoms with Gasteiger partial charge in [-0.3, -0.25) is 9.59 Å². The number of aromatic hydroxyl groups is 1. The monoisotopic (exact) mass is 479 g/mol. The predicted octanol–water partition coefficient (Wildman–Crippen LogP) is 2.71. The van der Waals surface area contributed by atoms with Crippen molar-refractivity contribution >= 4 is 23.5 Å². The number of anilines is 1. The molecule has 1 fully saturated rings. The van der Waals surface area contributed by atoms with Gasteiger partial charge in [0.1, 0.15) is 11.8 Å². The van der Waals surface area contributed by atoms with Gasteiger partial charge in [0.05, 0.1) is 5.41 Å². The molecule has 1 aliphatic heterocycles. The van der Waals surface area contributed by atoms with E-state index in [0.29, 0.717) is 24.1 Å². The molecule has 0 spiro atoms. The van der Waals surface area contributed by atoms with Crippen LogP contribution in [0.3, 0.4) is 0 Å². The van der Waals surface area contributed by atoms with E-state index in [9.17, 15) is 24.6 Å². The zero-order valence-electron chi connectivity index (χ0n) is 20.6. The standard InChI is InChI=1S/C27H33N3O5/c1-18(24(32)28-22(25(33)34)16-19-8-6-5-7-9-19)12-13-27(14-15-30(4)26(27)35)21-17-20(31)10-11-23(21)29(2)3/h5-12,17,22,31H,13-16H2,1-4H3,(H,28,32)(H,33,34). The third kappa shape index (κ3) is 5.65. The second kappa shape index (κ2) is 10.6. The molecular weight excluding hydrogens is 446 g/mol. The maximum atomic E-state index is 13.4. The second-order valence-electron chi connectivity index (χ2n) is 9.30. The SMILES string of the molecule is CC(=CCC1(c2cc(O)ccc2N(C)C)CCN(C)C1=O)C(=O)NC(Cc1ccccc1)C(=O)O. The normalized spacial score (nSPS) is 18.9. The van der Waals surface area contributed by atoms with E-state index < -0.39 is 23.3 Å². The van der Waals surface area contributed by atoms with Crippen LogP contribution in [-0.2, 0) is 26.2 Å². The van der Waals surface area contributed by atoms with Gasteiger partial charge in [-0.25, -0.2) is 4.79 Å². The summed E-state index contributed by atoms with van der Waals surface area (Å²) in [6.07, 6.45) is 2.63. The number of aliphatic carboxylic acids is 1. The number of nitrogens with one attached hydrogen (secondary N) is 1. The average Bonchev–Trinajstić information content (AvgIpc) is 3.11. The number of carbonyl (C=O) groups is 3. The summed E-state index contributed by atoms with van der Waals surface area (Å²) in [7, 11) is 5.49. The summed E-state index contributed by atoms with van der Waals surface area (Å²) in [5.41, 5.74) is 1.72. The predicted molar refractivity (Wildman–Crippen MR) is 134 cm³/mol. The van der Waals surface area contributed by atoms with Crippen molar-refractivity contribution in [3.8, 4) is 5.75 Å². The quantitative estimate of drug-likeness (QED) is 0.477. The van der Waals surface area contributed by atoms with E-state index in [2.05, 4.69) is 5.32 Å². The summed E-state index contributed by atoms with van der Waals surface area (Å²) in [6.45, 7) is 2.17. The van der Waals surface area contributed by atoms with E-state index in [-0.39, 0.29) is 24.5 Å². The molecule has 0 aliphatic carbocycles. The molecule has 35 heavy (non-hydrogen) atoms. The summed E-state index contributed by atoms with van der Waals surface area (Å²) in [5, 5.41) is 22.4. The first-order valence-corrected chi connectivity index (χ1v) is 11.6. The van der Waals surface area contributed by atoms with Gasteiger partial charge in [0.15, 0.2) is 0 Å². The molecule has 2 atom stereocenters. The number of likely N-dealkylation sites (tertiary alicyclic amines) is 1. The van der Waals surface area contributed by atoms with Crippen LogP contribution >= 0.6 is 0 Å². The lowest BCUT2D eigenvalue weighted by Crippen LogP contribution is -2.42. The molecule has 2 aromatic carbocycles. The lowest BCUT2D eigenvalue weighted by molar-refractivity contribution is -0.141. The number of carbonyl (C=O) groups excluding carboxylic acids is 2. The fourth-order valence-electron chi connectivity index (χ4n) is 4.52. The van der Waals surface area contributed by atoms with Gasteiger partial charge >= 0.3 is 5.97 Å². The van der Waals surface area contributed by atoms with Gasteiger partial charge in [0.25, 0.3) is 0 Å². The van der Waals surface area contributed by atoms with Gasteiger partial charge in [-0.05, 0) is 49.1 Å². The molecule has 2 unspecified atom stereocenters. The molecule has 2 aromatic rings. The summed E-state index contributed by atoms with van der Waals surface area (Å²) in [4.78, 5) is 41.6. The number of likely N-dealkylation sites (N-methyl/N-ethyl adjacent to an activating group) is 1. The van der Waals surface area contributed by atoms with E-state index in [4.69, 9.17) is 0 Å². The number of hydrogen-bond donors (Lipinski definition) is 3. The van der Waals surface area contributed by atoms with Crippen LogP contribution < -0.4 is 10.2 Å². The molecule has 0 aromatic heterocycles. The van der Waals surface area contributed by atoms with Crippen molar-refractivity contribution in [3.05, 3.63) is 71.3 Å². The average molecular weight is 480 g/mol. The number of nitrogens with zero attached hydrogens (tertiary/aromatic N) is 2. The van der Waals surface area contributed by atoms with E-state index in [1.54, 1.807) is 43.1 Å². The summed E-state index contributed by atoms with van der Waals surface area (Å²) in [6, 6.07) is 13.0. The Bertz CT molecular complexity index is 1130. The fraction of sp³-hybridized carbons (Fsp3) is 0.370. The van der Waals surface area contributed by atoms with Crippen molar-refractivity contribution in [2.45, 2.75) is 37.6 Å². The molecule has 186 valence electrons. The van der Waals surface area contributed by atoms with Crippen molar-refractivity contribution < 1.29 is 24.6 Å². The first kappa shape index (κ1) is 25.8. The highest BCUT2D eigenvalue weighted by atomic mass is 16.4. The maximum absolute atomic E-state index is 13.4. The van der Waals surface area contributed by atoms with E-state index in [0.717, 1.165) is 11.3 Å². The Morgan fingerprint density at radius 3 is 2.46 bits per heavy atom. The first-order valence-electron chi connectivity index (χ1n) is 11.6. The molecule has 8 nitrogen and oxygen atoms in total. The largest absolute Gasteiger partial charge is 0.508 e. The van der Waals surface area contributed by atoms with Crippen LogP contribution in [-0.4, -0.2) is 66.6 Å². The van der Waals surface area contributed by atoms with Crippen LogP contribution in [0.1, 0.15) is 30.9 Å². The Morgan fingerprint density at radius 2 is 1.89 bits per heavy atom. The van der Waals surface area contributed by atoms with E-state index in [1.165, 1.54) is 0 Å². The number of rotatable bonds is 9. The van der Waals surface area contributed by atoms with Crippen molar-refractivity contribution in [1.82, 2.24) is 10.2 Å². The number of carboxylic acids is 1. The number of phenolic OH excluding ortho intramolecular Hbond substituents is 1. The molecule has 0 bridgehead atoms. The number of phenols is 1. The highest BCUT2D eigenvalue weighted by Crippen LogP contribution is 2.44. The topological polar surface area (TPSA) is 110 Å². The highest BCUT2D eigenvalue weighted by molar-refractivity contribution is 5.96. The van der Waals surface area contributed by atoms with E-state index >= 15 is 0 Å². The van der Waals surface area contributed by atoms with Crippen molar-refractivity contribution in [3.63, 3.8) is 0 Å². The van der Waals surface area contributed by atoms with Crippen LogP contribution in [0.4, 0.5) is 5.69 Å². The molecule has 3 N–H and O–H groups in total. The summed E-state index contributed by atoms with van der Waals surface area (Å²) >= 11 is 0. The lowest BCUT2D eigenvalue weighted by atomic mass is 9.74. The van der Waals surface area contributed by atoms with Gasteiger partial charge in [-0.2, -0.15) is 0 Å². The Labute approximate surface area is 205 Å². The Hall–Kier alpha value is -3.81. The van der Waals surface area contributed by atoms with Crippen LogP contribution in [0.15, 0.2) is 60.2 Å². The van der Waals surface area contributed by atoms with Gasteiger partial charge in [-0.15, -0.1) is 0 Å². The second-order valence-corrected chi connectivity index (χ2v) is 9.30. The zero-order chi connectivity index (χ0) is 25.8. The number of amides is 2. The zero-order valence-corrected chi connectivity index (χ0v) is 20.6. The van der Waals surface area contributed by atoms with Crippen molar-refractivity contribution in [2.24, 2.45) is 0 Å². The van der Waals surface area contributed by atoms with Gasteiger partial charge < -0.3 is 25.3 Å². The van der Waals surface area contributed by atoms with Gasteiger partial charge in [0.2, 0.25) is 11.8 Å². The van der Waals surface area contributed by atoms with Crippen LogP contribution in [0.2, 0.25) is 0 Å². The summed E-state index contributed by atoms with van der Waals surface area (Å²) < 4.78 is 0. The molecular formula is C27H33N3O5. The summed E-state index contributed by atoms with van der Waals surface area (Å²) in [5.74, 6) is -1.63. The smallest absolute Gasteiger partial charge is 0.326 e. The minimum absolute atomic E-state index is 0.0657. The molecule has 1 heterocycles. The number of hydrogen-bond acceptors (Lipinski definition) is 5. The molecule has 1 aliphatic rings. The third-order valence-electron chi connectivity index (χ3n) is 6.61. The van der Waals surface area contributed by atoms with Crippen molar-refractivity contribution in [1.29, 1.82) is 0 Å². The third-order valence-corrected chi connectivity index (χ3v) is 6.61. The Balaban J connectivity index is 1.87. The minimum Gasteiger partial charge on any atom is -0.508 e. The molecule has 0 saturated carbocycles. The first-order chi connectivity index (χ1) is 16.5. The Kier molecular flexibility index (Phi) is 7.84. The Morgan fingerprint density at radius 1 is 1.20 bits per heavy atom.